The lowest BCUT2D eigenvalue weighted by Gasteiger charge is -2.22. The normalized spacial score (nSPS) is 14.6. The Labute approximate surface area is 190 Å². The molecular formula is C21H28N4O2S3. The predicted octanol–water partition coefficient (Wildman–Crippen LogP) is 5.20. The number of carbonyl (C=O) groups is 2. The van der Waals surface area contributed by atoms with Crippen molar-refractivity contribution in [1.82, 2.24) is 20.8 Å². The van der Waals surface area contributed by atoms with E-state index in [1.807, 2.05) is 0 Å². The second-order valence-electron chi connectivity index (χ2n) is 7.66. The van der Waals surface area contributed by atoms with E-state index in [0.717, 1.165) is 40.1 Å². The van der Waals surface area contributed by atoms with Gasteiger partial charge in [0.25, 0.3) is 0 Å². The van der Waals surface area contributed by atoms with Gasteiger partial charge in [-0.2, -0.15) is 0 Å². The third-order valence-electron chi connectivity index (χ3n) is 4.92. The van der Waals surface area contributed by atoms with Crippen molar-refractivity contribution >= 4 is 46.8 Å². The maximum absolute atomic E-state index is 12.0. The van der Waals surface area contributed by atoms with Crippen LogP contribution in [0.5, 0.6) is 0 Å². The Balaban J connectivity index is 1.37. The molecule has 3 amide bonds. The molecule has 30 heavy (non-hydrogen) atoms. The highest BCUT2D eigenvalue weighted by Gasteiger charge is 2.17. The van der Waals surface area contributed by atoms with Gasteiger partial charge in [-0.25, -0.2) is 4.79 Å². The Hall–Kier alpha value is -1.58. The van der Waals surface area contributed by atoms with Crippen LogP contribution in [0.15, 0.2) is 32.9 Å². The lowest BCUT2D eigenvalue weighted by molar-refractivity contribution is -0.117. The van der Waals surface area contributed by atoms with Gasteiger partial charge in [-0.1, -0.05) is 92.2 Å². The Bertz CT molecular complexity index is 833. The van der Waals surface area contributed by atoms with E-state index in [0.29, 0.717) is 5.92 Å². The first-order valence-corrected chi connectivity index (χ1v) is 13.1. The van der Waals surface area contributed by atoms with Crippen LogP contribution in [0.1, 0.15) is 63.0 Å². The summed E-state index contributed by atoms with van der Waals surface area (Å²) in [5.41, 5.74) is 2.58. The molecule has 0 radical (unpaired) electrons. The molecule has 1 aliphatic rings. The molecule has 0 aliphatic heterocycles. The molecule has 1 fully saturated rings. The highest BCUT2D eigenvalue weighted by molar-refractivity contribution is 8.03. The van der Waals surface area contributed by atoms with Crippen LogP contribution in [-0.4, -0.2) is 33.9 Å². The number of amides is 3. The molecule has 2 aromatic rings. The van der Waals surface area contributed by atoms with Gasteiger partial charge in [0.2, 0.25) is 5.91 Å². The number of hydrogen-bond acceptors (Lipinski definition) is 7. The largest absolute Gasteiger partial charge is 0.335 e. The number of thioether (sulfide) groups is 2. The summed E-state index contributed by atoms with van der Waals surface area (Å²) >= 11 is 4.42. The SMILES string of the molecule is CC(C)c1ccc(CSc2nnc(SCC(=O)NC(=O)NC3CCCCC3)s2)cc1. The van der Waals surface area contributed by atoms with Gasteiger partial charge >= 0.3 is 6.03 Å². The smallest absolute Gasteiger partial charge is 0.321 e. The third kappa shape index (κ3) is 7.59. The van der Waals surface area contributed by atoms with Gasteiger partial charge < -0.3 is 5.32 Å². The van der Waals surface area contributed by atoms with Crippen LogP contribution in [0, 0.1) is 0 Å². The van der Waals surface area contributed by atoms with Gasteiger partial charge in [-0.3, -0.25) is 10.1 Å². The van der Waals surface area contributed by atoms with E-state index in [1.165, 1.54) is 40.6 Å². The average Bonchev–Trinajstić information content (AvgIpc) is 3.19. The predicted molar refractivity (Wildman–Crippen MR) is 124 cm³/mol. The summed E-state index contributed by atoms with van der Waals surface area (Å²) in [6, 6.07) is 8.44. The van der Waals surface area contributed by atoms with Crippen molar-refractivity contribution in [2.75, 3.05) is 5.75 Å². The van der Waals surface area contributed by atoms with Crippen LogP contribution in [0.4, 0.5) is 4.79 Å². The first-order chi connectivity index (χ1) is 14.5. The van der Waals surface area contributed by atoms with Gasteiger partial charge in [0.05, 0.1) is 5.75 Å². The minimum absolute atomic E-state index is 0.147. The molecule has 1 aromatic heterocycles. The lowest BCUT2D eigenvalue weighted by atomic mass is 9.96. The second-order valence-corrected chi connectivity index (χ2v) is 11.1. The summed E-state index contributed by atoms with van der Waals surface area (Å²) in [4.78, 5) is 24.0. The number of carbonyl (C=O) groups excluding carboxylic acids is 2. The van der Waals surface area contributed by atoms with E-state index in [1.54, 1.807) is 11.8 Å². The zero-order chi connectivity index (χ0) is 21.3. The number of aromatic nitrogens is 2. The second kappa shape index (κ2) is 11.7. The summed E-state index contributed by atoms with van der Waals surface area (Å²) < 4.78 is 1.61. The molecule has 3 rings (SSSR count). The summed E-state index contributed by atoms with van der Waals surface area (Å²) in [6.07, 6.45) is 5.47. The first-order valence-electron chi connectivity index (χ1n) is 10.3. The maximum atomic E-state index is 12.0. The van der Waals surface area contributed by atoms with E-state index in [4.69, 9.17) is 0 Å². The fraction of sp³-hybridized carbons (Fsp3) is 0.524. The summed E-state index contributed by atoms with van der Waals surface area (Å²) in [5, 5.41) is 13.6. The molecule has 0 saturated heterocycles. The number of benzene rings is 1. The number of imide groups is 1. The average molecular weight is 465 g/mol. The number of rotatable bonds is 8. The maximum Gasteiger partial charge on any atom is 0.321 e. The van der Waals surface area contributed by atoms with Crippen LogP contribution in [0.3, 0.4) is 0 Å². The molecule has 0 bridgehead atoms. The van der Waals surface area contributed by atoms with E-state index >= 15 is 0 Å². The van der Waals surface area contributed by atoms with Crippen molar-refractivity contribution in [3.05, 3.63) is 35.4 Å². The van der Waals surface area contributed by atoms with Crippen molar-refractivity contribution in [2.45, 2.75) is 72.3 Å². The van der Waals surface area contributed by atoms with Crippen LogP contribution in [0.2, 0.25) is 0 Å². The Morgan fingerprint density at radius 2 is 1.73 bits per heavy atom. The molecular weight excluding hydrogens is 436 g/mol. The van der Waals surface area contributed by atoms with Crippen molar-refractivity contribution in [1.29, 1.82) is 0 Å². The van der Waals surface area contributed by atoms with E-state index in [2.05, 4.69) is 58.9 Å². The fourth-order valence-corrected chi connectivity index (χ4v) is 5.99. The van der Waals surface area contributed by atoms with Crippen molar-refractivity contribution in [2.24, 2.45) is 0 Å². The van der Waals surface area contributed by atoms with Crippen LogP contribution >= 0.6 is 34.9 Å². The molecule has 0 spiro atoms. The zero-order valence-corrected chi connectivity index (χ0v) is 19.8. The molecule has 1 aromatic carbocycles. The Morgan fingerprint density at radius 1 is 1.07 bits per heavy atom. The number of nitrogens with one attached hydrogen (secondary N) is 2. The van der Waals surface area contributed by atoms with Gasteiger partial charge in [0.1, 0.15) is 0 Å². The van der Waals surface area contributed by atoms with Crippen LogP contribution in [-0.2, 0) is 10.5 Å². The van der Waals surface area contributed by atoms with Gasteiger partial charge in [0, 0.05) is 11.8 Å². The van der Waals surface area contributed by atoms with Gasteiger partial charge in [-0.05, 0) is 29.9 Å². The zero-order valence-electron chi connectivity index (χ0n) is 17.3. The Morgan fingerprint density at radius 3 is 2.40 bits per heavy atom. The van der Waals surface area contributed by atoms with E-state index in [-0.39, 0.29) is 17.7 Å². The minimum Gasteiger partial charge on any atom is -0.335 e. The standard InChI is InChI=1S/C21H28N4O2S3/c1-14(2)16-10-8-15(9-11-16)12-28-20-24-25-21(30-20)29-13-18(26)23-19(27)22-17-6-4-3-5-7-17/h8-11,14,17H,3-7,12-13H2,1-2H3,(H2,22,23,26,27). The summed E-state index contributed by atoms with van der Waals surface area (Å²) in [6.45, 7) is 4.38. The molecule has 1 heterocycles. The highest BCUT2D eigenvalue weighted by atomic mass is 32.2. The van der Waals surface area contributed by atoms with Crippen LogP contribution < -0.4 is 10.6 Å². The van der Waals surface area contributed by atoms with Gasteiger partial charge in [0.15, 0.2) is 8.68 Å². The quantitative estimate of drug-likeness (QED) is 0.522. The van der Waals surface area contributed by atoms with Crippen molar-refractivity contribution in [3.8, 4) is 0 Å². The number of nitrogens with zero attached hydrogens (tertiary/aromatic N) is 2. The molecule has 9 heteroatoms. The molecule has 1 aliphatic carbocycles. The molecule has 0 unspecified atom stereocenters. The molecule has 0 atom stereocenters. The first kappa shape index (κ1) is 23.1. The lowest BCUT2D eigenvalue weighted by Crippen LogP contribution is -2.45. The highest BCUT2D eigenvalue weighted by Crippen LogP contribution is 2.31. The Kier molecular flexibility index (Phi) is 9.02. The number of hydrogen-bond donors (Lipinski definition) is 2. The molecule has 162 valence electrons. The van der Waals surface area contributed by atoms with Crippen molar-refractivity contribution < 1.29 is 9.59 Å². The monoisotopic (exact) mass is 464 g/mol. The number of urea groups is 1. The van der Waals surface area contributed by atoms with E-state index in [9.17, 15) is 9.59 Å². The summed E-state index contributed by atoms with van der Waals surface area (Å²) in [5.74, 6) is 1.20. The van der Waals surface area contributed by atoms with E-state index < -0.39 is 6.03 Å². The van der Waals surface area contributed by atoms with Crippen molar-refractivity contribution in [3.63, 3.8) is 0 Å². The summed E-state index contributed by atoms with van der Waals surface area (Å²) in [7, 11) is 0. The van der Waals surface area contributed by atoms with Gasteiger partial charge in [-0.15, -0.1) is 10.2 Å². The molecule has 2 N–H and O–H groups in total. The topological polar surface area (TPSA) is 84.0 Å². The third-order valence-corrected chi connectivity index (χ3v) is 8.18. The minimum atomic E-state index is -0.399. The fourth-order valence-electron chi connectivity index (χ4n) is 3.22. The molecule has 6 nitrogen and oxygen atoms in total. The molecule has 1 saturated carbocycles. The van der Waals surface area contributed by atoms with Crippen LogP contribution in [0.25, 0.3) is 0 Å².